The van der Waals surface area contributed by atoms with Crippen molar-refractivity contribution < 1.29 is 22.3 Å². The average molecular weight is 289 g/mol. The third kappa shape index (κ3) is 3.05. The highest BCUT2D eigenvalue weighted by molar-refractivity contribution is 7.89. The van der Waals surface area contributed by atoms with Gasteiger partial charge in [0.2, 0.25) is 10.0 Å². The van der Waals surface area contributed by atoms with E-state index in [9.17, 15) is 12.8 Å². The van der Waals surface area contributed by atoms with Gasteiger partial charge in [-0.15, -0.1) is 0 Å². The zero-order chi connectivity index (χ0) is 13.9. The standard InChI is InChI=1S/C12H16FNO4S/c1-2-18-11-4-3-10(13)9-12(11)19(15,16)14-5-7-17-8-6-14/h3-4,9H,2,5-8H2,1H3. The summed E-state index contributed by atoms with van der Waals surface area (Å²) < 4.78 is 49.9. The van der Waals surface area contributed by atoms with Crippen molar-refractivity contribution in [2.75, 3.05) is 32.9 Å². The van der Waals surface area contributed by atoms with Crippen molar-refractivity contribution in [3.63, 3.8) is 0 Å². The van der Waals surface area contributed by atoms with Crippen LogP contribution in [0, 0.1) is 5.82 Å². The van der Waals surface area contributed by atoms with Gasteiger partial charge in [-0.25, -0.2) is 12.8 Å². The first-order chi connectivity index (χ1) is 9.05. The predicted molar refractivity (Wildman–Crippen MR) is 67.1 cm³/mol. The number of ether oxygens (including phenoxy) is 2. The maximum atomic E-state index is 13.3. The molecule has 1 aliphatic rings. The first-order valence-corrected chi connectivity index (χ1v) is 7.50. The molecular formula is C12H16FNO4S. The largest absolute Gasteiger partial charge is 0.492 e. The Morgan fingerprint density at radius 2 is 2.05 bits per heavy atom. The summed E-state index contributed by atoms with van der Waals surface area (Å²) in [6.45, 7) is 3.29. The first-order valence-electron chi connectivity index (χ1n) is 6.06. The summed E-state index contributed by atoms with van der Waals surface area (Å²) in [7, 11) is -3.75. The molecule has 5 nitrogen and oxygen atoms in total. The molecule has 1 aromatic rings. The van der Waals surface area contributed by atoms with Crippen LogP contribution in [0.1, 0.15) is 6.92 Å². The number of nitrogens with zero attached hydrogens (tertiary/aromatic N) is 1. The van der Waals surface area contributed by atoms with Crippen molar-refractivity contribution in [1.82, 2.24) is 4.31 Å². The van der Waals surface area contributed by atoms with Gasteiger partial charge in [0.05, 0.1) is 19.8 Å². The van der Waals surface area contributed by atoms with Crippen LogP contribution < -0.4 is 4.74 Å². The van der Waals surface area contributed by atoms with Crippen molar-refractivity contribution in [2.45, 2.75) is 11.8 Å². The second-order valence-electron chi connectivity index (χ2n) is 4.04. The molecule has 0 N–H and O–H groups in total. The first kappa shape index (κ1) is 14.2. The number of halogens is 1. The molecule has 1 aromatic carbocycles. The van der Waals surface area contributed by atoms with Crippen LogP contribution in [-0.2, 0) is 14.8 Å². The predicted octanol–water partition coefficient (Wildman–Crippen LogP) is 1.25. The van der Waals surface area contributed by atoms with Gasteiger partial charge in [0, 0.05) is 13.1 Å². The zero-order valence-electron chi connectivity index (χ0n) is 10.6. The fourth-order valence-corrected chi connectivity index (χ4v) is 3.43. The topological polar surface area (TPSA) is 55.8 Å². The van der Waals surface area contributed by atoms with Crippen molar-refractivity contribution in [3.05, 3.63) is 24.0 Å². The summed E-state index contributed by atoms with van der Waals surface area (Å²) in [6.07, 6.45) is 0. The second-order valence-corrected chi connectivity index (χ2v) is 5.95. The minimum Gasteiger partial charge on any atom is -0.492 e. The molecule has 0 saturated carbocycles. The maximum Gasteiger partial charge on any atom is 0.247 e. The summed E-state index contributed by atoms with van der Waals surface area (Å²) in [5, 5.41) is 0. The molecule has 106 valence electrons. The van der Waals surface area contributed by atoms with Crippen molar-refractivity contribution in [2.24, 2.45) is 0 Å². The molecule has 1 saturated heterocycles. The van der Waals surface area contributed by atoms with E-state index in [-0.39, 0.29) is 23.7 Å². The van der Waals surface area contributed by atoms with E-state index in [0.29, 0.717) is 19.8 Å². The van der Waals surface area contributed by atoms with E-state index in [2.05, 4.69) is 0 Å². The van der Waals surface area contributed by atoms with Crippen molar-refractivity contribution >= 4 is 10.0 Å². The van der Waals surface area contributed by atoms with Crippen LogP contribution in [0.2, 0.25) is 0 Å². The van der Waals surface area contributed by atoms with Crippen LogP contribution in [0.25, 0.3) is 0 Å². The molecule has 7 heteroatoms. The molecule has 0 unspecified atom stereocenters. The lowest BCUT2D eigenvalue weighted by Crippen LogP contribution is -2.40. The maximum absolute atomic E-state index is 13.3. The van der Waals surface area contributed by atoms with Gasteiger partial charge in [-0.1, -0.05) is 0 Å². The molecule has 19 heavy (non-hydrogen) atoms. The SMILES string of the molecule is CCOc1ccc(F)cc1S(=O)(=O)N1CCOCC1. The Bertz CT molecular complexity index is 541. The normalized spacial score (nSPS) is 17.4. The Balaban J connectivity index is 2.40. The lowest BCUT2D eigenvalue weighted by atomic mass is 10.3. The van der Waals surface area contributed by atoms with Crippen LogP contribution in [0.15, 0.2) is 23.1 Å². The molecule has 0 aromatic heterocycles. The molecule has 0 radical (unpaired) electrons. The smallest absolute Gasteiger partial charge is 0.247 e. The quantitative estimate of drug-likeness (QED) is 0.837. The van der Waals surface area contributed by atoms with Crippen molar-refractivity contribution in [3.8, 4) is 5.75 Å². The second kappa shape index (κ2) is 5.85. The van der Waals surface area contributed by atoms with E-state index < -0.39 is 15.8 Å². The number of rotatable bonds is 4. The fraction of sp³-hybridized carbons (Fsp3) is 0.500. The fourth-order valence-electron chi connectivity index (χ4n) is 1.88. The Kier molecular flexibility index (Phi) is 4.38. The van der Waals surface area contributed by atoms with E-state index in [1.807, 2.05) is 0 Å². The van der Waals surface area contributed by atoms with Gasteiger partial charge in [0.1, 0.15) is 16.5 Å². The minimum atomic E-state index is -3.75. The molecule has 1 aliphatic heterocycles. The van der Waals surface area contributed by atoms with Gasteiger partial charge in [-0.3, -0.25) is 0 Å². The lowest BCUT2D eigenvalue weighted by molar-refractivity contribution is 0.0729. The van der Waals surface area contributed by atoms with E-state index in [0.717, 1.165) is 6.07 Å². The summed E-state index contributed by atoms with van der Waals surface area (Å²) in [5.74, 6) is -0.425. The molecule has 0 spiro atoms. The molecule has 2 rings (SSSR count). The highest BCUT2D eigenvalue weighted by Gasteiger charge is 2.29. The molecule has 0 amide bonds. The van der Waals surface area contributed by atoms with Crippen molar-refractivity contribution in [1.29, 1.82) is 0 Å². The van der Waals surface area contributed by atoms with Gasteiger partial charge in [0.25, 0.3) is 0 Å². The average Bonchev–Trinajstić information content (AvgIpc) is 2.42. The van der Waals surface area contributed by atoms with Crippen LogP contribution >= 0.6 is 0 Å². The Labute approximate surface area is 112 Å². The molecule has 0 bridgehead atoms. The van der Waals surface area contributed by atoms with Crippen LogP contribution in [-0.4, -0.2) is 45.6 Å². The summed E-state index contributed by atoms with van der Waals surface area (Å²) >= 11 is 0. The van der Waals surface area contributed by atoms with Gasteiger partial charge in [-0.2, -0.15) is 4.31 Å². The summed E-state index contributed by atoms with van der Waals surface area (Å²) in [6, 6.07) is 3.52. The number of hydrogen-bond acceptors (Lipinski definition) is 4. The van der Waals surface area contributed by atoms with Crippen LogP contribution in [0.4, 0.5) is 4.39 Å². The number of hydrogen-bond donors (Lipinski definition) is 0. The Morgan fingerprint density at radius 3 is 2.68 bits per heavy atom. The number of morpholine rings is 1. The zero-order valence-corrected chi connectivity index (χ0v) is 11.5. The Hall–Kier alpha value is -1.18. The van der Waals surface area contributed by atoms with Gasteiger partial charge in [0.15, 0.2) is 0 Å². The highest BCUT2D eigenvalue weighted by atomic mass is 32.2. The molecular weight excluding hydrogens is 273 g/mol. The highest BCUT2D eigenvalue weighted by Crippen LogP contribution is 2.28. The van der Waals surface area contributed by atoms with Crippen LogP contribution in [0.3, 0.4) is 0 Å². The Morgan fingerprint density at radius 1 is 1.37 bits per heavy atom. The molecule has 1 heterocycles. The molecule has 1 fully saturated rings. The molecule has 0 atom stereocenters. The minimum absolute atomic E-state index is 0.128. The number of benzene rings is 1. The summed E-state index contributed by atoms with van der Waals surface area (Å²) in [4.78, 5) is -0.128. The lowest BCUT2D eigenvalue weighted by Gasteiger charge is -2.26. The van der Waals surface area contributed by atoms with E-state index in [1.165, 1.54) is 16.4 Å². The summed E-state index contributed by atoms with van der Waals surface area (Å²) in [5.41, 5.74) is 0. The third-order valence-electron chi connectivity index (χ3n) is 2.79. The monoisotopic (exact) mass is 289 g/mol. The number of sulfonamides is 1. The third-order valence-corrected chi connectivity index (χ3v) is 4.71. The molecule has 0 aliphatic carbocycles. The van der Waals surface area contributed by atoms with E-state index in [1.54, 1.807) is 6.92 Å². The van der Waals surface area contributed by atoms with E-state index in [4.69, 9.17) is 9.47 Å². The van der Waals surface area contributed by atoms with Gasteiger partial charge in [-0.05, 0) is 25.1 Å². The van der Waals surface area contributed by atoms with E-state index >= 15 is 0 Å². The van der Waals surface area contributed by atoms with Gasteiger partial charge >= 0.3 is 0 Å². The van der Waals surface area contributed by atoms with Crippen LogP contribution in [0.5, 0.6) is 5.75 Å². The van der Waals surface area contributed by atoms with Gasteiger partial charge < -0.3 is 9.47 Å².